The van der Waals surface area contributed by atoms with E-state index in [0.717, 1.165) is 18.2 Å². The first-order valence-corrected chi connectivity index (χ1v) is 9.15. The maximum Gasteiger partial charge on any atom is 0.240 e. The third kappa shape index (κ3) is 3.32. The highest BCUT2D eigenvalue weighted by atomic mass is 32.2. The van der Waals surface area contributed by atoms with Gasteiger partial charge in [-0.2, -0.15) is 0 Å². The molecule has 2 aliphatic rings. The molecule has 0 radical (unpaired) electrons. The van der Waals surface area contributed by atoms with Crippen molar-refractivity contribution in [2.24, 2.45) is 5.92 Å². The molecule has 0 spiro atoms. The minimum atomic E-state index is -3.43. The molecule has 0 saturated heterocycles. The fraction of sp³-hybridized carbons (Fsp3) is 0.600. The molecule has 2 saturated carbocycles. The molecule has 0 aliphatic heterocycles. The lowest BCUT2D eigenvalue weighted by atomic mass is 10.2. The van der Waals surface area contributed by atoms with Crippen molar-refractivity contribution in [2.75, 3.05) is 23.7 Å². The van der Waals surface area contributed by atoms with Gasteiger partial charge in [0.25, 0.3) is 0 Å². The molecule has 2 aliphatic carbocycles. The molecule has 21 heavy (non-hydrogen) atoms. The van der Waals surface area contributed by atoms with Gasteiger partial charge in [-0.15, -0.1) is 0 Å². The zero-order chi connectivity index (χ0) is 15.0. The van der Waals surface area contributed by atoms with Gasteiger partial charge in [0.15, 0.2) is 0 Å². The summed E-state index contributed by atoms with van der Waals surface area (Å²) in [5.41, 5.74) is 7.66. The largest absolute Gasteiger partial charge is 0.397 e. The Hall–Kier alpha value is -1.27. The second-order valence-electron chi connectivity index (χ2n) is 6.05. The number of nitrogens with two attached hydrogens (primary N) is 1. The predicted molar refractivity (Wildman–Crippen MR) is 84.8 cm³/mol. The average molecular weight is 309 g/mol. The molecule has 3 rings (SSSR count). The van der Waals surface area contributed by atoms with Crippen molar-refractivity contribution in [1.82, 2.24) is 4.72 Å². The lowest BCUT2D eigenvalue weighted by molar-refractivity contribution is 0.584. The monoisotopic (exact) mass is 309 g/mol. The van der Waals surface area contributed by atoms with Gasteiger partial charge in [-0.1, -0.05) is 6.92 Å². The summed E-state index contributed by atoms with van der Waals surface area (Å²) in [4.78, 5) is 2.62. The molecule has 1 aromatic rings. The normalized spacial score (nSPS) is 18.7. The molecule has 0 unspecified atom stereocenters. The van der Waals surface area contributed by atoms with Crippen LogP contribution in [-0.2, 0) is 10.0 Å². The number of benzene rings is 1. The predicted octanol–water partition coefficient (Wildman–Crippen LogP) is 1.95. The highest BCUT2D eigenvalue weighted by Gasteiger charge is 2.35. The second kappa shape index (κ2) is 5.50. The number of nitrogens with zero attached hydrogens (tertiary/aromatic N) is 1. The Morgan fingerprint density at radius 3 is 2.57 bits per heavy atom. The Morgan fingerprint density at radius 2 is 2.00 bits per heavy atom. The van der Waals surface area contributed by atoms with Crippen LogP contribution in [0, 0.1) is 5.92 Å². The van der Waals surface area contributed by atoms with Gasteiger partial charge < -0.3 is 10.6 Å². The number of hydrogen-bond donors (Lipinski definition) is 2. The summed E-state index contributed by atoms with van der Waals surface area (Å²) in [6.07, 6.45) is 4.91. The molecule has 0 amide bonds. The molecule has 6 heteroatoms. The number of rotatable bonds is 7. The van der Waals surface area contributed by atoms with Crippen molar-refractivity contribution < 1.29 is 8.42 Å². The van der Waals surface area contributed by atoms with E-state index in [2.05, 4.69) is 9.62 Å². The van der Waals surface area contributed by atoms with Gasteiger partial charge in [0.05, 0.1) is 16.3 Å². The Bertz CT molecular complexity index is 622. The van der Waals surface area contributed by atoms with E-state index in [1.807, 2.05) is 0 Å². The smallest absolute Gasteiger partial charge is 0.240 e. The van der Waals surface area contributed by atoms with Crippen LogP contribution >= 0.6 is 0 Å². The molecule has 2 fully saturated rings. The highest BCUT2D eigenvalue weighted by Crippen LogP contribution is 2.40. The van der Waals surface area contributed by atoms with E-state index >= 15 is 0 Å². The summed E-state index contributed by atoms with van der Waals surface area (Å²) in [7, 11) is -3.43. The first kappa shape index (κ1) is 14.7. The fourth-order valence-corrected chi connectivity index (χ4v) is 3.68. The summed E-state index contributed by atoms with van der Waals surface area (Å²) >= 11 is 0. The zero-order valence-corrected chi connectivity index (χ0v) is 13.2. The molecular weight excluding hydrogens is 286 g/mol. The number of hydrogen-bond acceptors (Lipinski definition) is 4. The van der Waals surface area contributed by atoms with Crippen LogP contribution in [0.5, 0.6) is 0 Å². The van der Waals surface area contributed by atoms with E-state index in [1.165, 1.54) is 25.7 Å². The van der Waals surface area contributed by atoms with E-state index < -0.39 is 10.0 Å². The van der Waals surface area contributed by atoms with Crippen LogP contribution in [0.3, 0.4) is 0 Å². The SMILES string of the molecule is CCNS(=O)(=O)c1ccc(N)c(N(CC2CC2)C2CC2)c1. The standard InChI is InChI=1S/C15H23N3O2S/c1-2-17-21(19,20)13-7-8-14(16)15(9-13)18(12-5-6-12)10-11-3-4-11/h7-9,11-12,17H,2-6,10,16H2,1H3. The van der Waals surface area contributed by atoms with Crippen LogP contribution in [0.1, 0.15) is 32.6 Å². The van der Waals surface area contributed by atoms with E-state index in [4.69, 9.17) is 5.73 Å². The van der Waals surface area contributed by atoms with Gasteiger partial charge in [-0.25, -0.2) is 13.1 Å². The van der Waals surface area contributed by atoms with Gasteiger partial charge >= 0.3 is 0 Å². The Kier molecular flexibility index (Phi) is 3.84. The number of nitrogen functional groups attached to an aromatic ring is 1. The van der Waals surface area contributed by atoms with Gasteiger partial charge in [-0.3, -0.25) is 0 Å². The molecule has 1 aromatic carbocycles. The summed E-state index contributed by atoms with van der Waals surface area (Å²) < 4.78 is 26.9. The number of nitrogens with one attached hydrogen (secondary N) is 1. The lowest BCUT2D eigenvalue weighted by Gasteiger charge is -2.26. The Labute approximate surface area is 126 Å². The Balaban J connectivity index is 1.92. The minimum absolute atomic E-state index is 0.301. The maximum atomic E-state index is 12.2. The van der Waals surface area contributed by atoms with E-state index in [0.29, 0.717) is 23.2 Å². The number of sulfonamides is 1. The van der Waals surface area contributed by atoms with Gasteiger partial charge in [0.1, 0.15) is 0 Å². The highest BCUT2D eigenvalue weighted by molar-refractivity contribution is 7.89. The lowest BCUT2D eigenvalue weighted by Crippen LogP contribution is -2.29. The molecular formula is C15H23N3O2S. The van der Waals surface area contributed by atoms with Crippen molar-refractivity contribution in [3.8, 4) is 0 Å². The van der Waals surface area contributed by atoms with Crippen LogP contribution in [0.4, 0.5) is 11.4 Å². The third-order valence-corrected chi connectivity index (χ3v) is 5.64. The van der Waals surface area contributed by atoms with Crippen LogP contribution < -0.4 is 15.4 Å². The van der Waals surface area contributed by atoms with Gasteiger partial charge in [0.2, 0.25) is 10.0 Å². The van der Waals surface area contributed by atoms with E-state index in [-0.39, 0.29) is 0 Å². The fourth-order valence-electron chi connectivity index (χ4n) is 2.62. The quantitative estimate of drug-likeness (QED) is 0.755. The first-order valence-electron chi connectivity index (χ1n) is 7.67. The van der Waals surface area contributed by atoms with Crippen molar-refractivity contribution in [3.05, 3.63) is 18.2 Å². The van der Waals surface area contributed by atoms with Crippen molar-refractivity contribution in [3.63, 3.8) is 0 Å². The summed E-state index contributed by atoms with van der Waals surface area (Å²) in [6, 6.07) is 5.56. The summed E-state index contributed by atoms with van der Waals surface area (Å²) in [5.74, 6) is 0.749. The summed E-state index contributed by atoms with van der Waals surface area (Å²) in [6.45, 7) is 3.16. The molecule has 0 aromatic heterocycles. The third-order valence-electron chi connectivity index (χ3n) is 4.10. The van der Waals surface area contributed by atoms with Crippen LogP contribution in [0.25, 0.3) is 0 Å². The van der Waals surface area contributed by atoms with Crippen LogP contribution in [0.2, 0.25) is 0 Å². The van der Waals surface area contributed by atoms with Crippen molar-refractivity contribution in [1.29, 1.82) is 0 Å². The summed E-state index contributed by atoms with van der Waals surface area (Å²) in [5, 5.41) is 0. The van der Waals surface area contributed by atoms with Crippen molar-refractivity contribution >= 4 is 21.4 Å². The molecule has 116 valence electrons. The van der Waals surface area contributed by atoms with Gasteiger partial charge in [-0.05, 0) is 49.8 Å². The molecule has 0 heterocycles. The van der Waals surface area contributed by atoms with Gasteiger partial charge in [0, 0.05) is 19.1 Å². The average Bonchev–Trinajstić information content (AvgIpc) is 3.30. The van der Waals surface area contributed by atoms with E-state index in [9.17, 15) is 8.42 Å². The molecule has 5 nitrogen and oxygen atoms in total. The second-order valence-corrected chi connectivity index (χ2v) is 7.82. The first-order chi connectivity index (χ1) is 10.0. The zero-order valence-electron chi connectivity index (χ0n) is 12.4. The van der Waals surface area contributed by atoms with E-state index in [1.54, 1.807) is 25.1 Å². The topological polar surface area (TPSA) is 75.4 Å². The Morgan fingerprint density at radius 1 is 1.29 bits per heavy atom. The molecule has 0 bridgehead atoms. The minimum Gasteiger partial charge on any atom is -0.397 e. The van der Waals surface area contributed by atoms with Crippen LogP contribution in [-0.4, -0.2) is 27.5 Å². The van der Waals surface area contributed by atoms with Crippen LogP contribution in [0.15, 0.2) is 23.1 Å². The molecule has 0 atom stereocenters. The maximum absolute atomic E-state index is 12.2. The number of anilines is 2. The van der Waals surface area contributed by atoms with Crippen molar-refractivity contribution in [2.45, 2.75) is 43.5 Å². The molecule has 3 N–H and O–H groups in total.